The molecule has 0 bridgehead atoms. The average Bonchev–Trinajstić information content (AvgIpc) is 2.48. The number of primary amides is 1. The lowest BCUT2D eigenvalue weighted by Gasteiger charge is -2.27. The molecule has 1 aromatic carbocycles. The number of thioether (sulfide) groups is 1. The monoisotopic (exact) mass is 357 g/mol. The van der Waals surface area contributed by atoms with Crippen LogP contribution in [0.25, 0.3) is 0 Å². The van der Waals surface area contributed by atoms with Crippen LogP contribution in [0.5, 0.6) is 0 Å². The van der Waals surface area contributed by atoms with Crippen LogP contribution in [0.15, 0.2) is 24.3 Å². The van der Waals surface area contributed by atoms with Crippen LogP contribution in [0.3, 0.4) is 0 Å². The fraction of sp³-hybridized carbons (Fsp3) is 0.500. The molecule has 1 aromatic rings. The van der Waals surface area contributed by atoms with Gasteiger partial charge >= 0.3 is 0 Å². The Hall–Kier alpha value is -1.24. The molecule has 0 radical (unpaired) electrons. The van der Waals surface area contributed by atoms with Crippen molar-refractivity contribution in [3.8, 4) is 0 Å². The zero-order chi connectivity index (χ0) is 15.9. The van der Waals surface area contributed by atoms with Crippen molar-refractivity contribution in [1.82, 2.24) is 5.32 Å². The molecule has 2 amide bonds. The molecule has 2 rings (SSSR count). The van der Waals surface area contributed by atoms with Crippen LogP contribution in [0.1, 0.15) is 18.4 Å². The van der Waals surface area contributed by atoms with Gasteiger partial charge in [-0.2, -0.15) is 11.8 Å². The molecule has 0 saturated carbocycles. The van der Waals surface area contributed by atoms with Crippen molar-refractivity contribution in [2.24, 2.45) is 5.73 Å². The number of halogens is 1. The second kappa shape index (κ2) is 9.80. The van der Waals surface area contributed by atoms with Crippen LogP contribution in [0, 0.1) is 6.92 Å². The summed E-state index contributed by atoms with van der Waals surface area (Å²) in [6.45, 7) is 3.26. The second-order valence-electron chi connectivity index (χ2n) is 5.53. The number of aryl methyl sites for hydroxylation is 1. The highest BCUT2D eigenvalue weighted by Crippen LogP contribution is 2.19. The number of carbonyl (C=O) groups is 2. The quantitative estimate of drug-likeness (QED) is 0.812. The molecule has 1 saturated heterocycles. The van der Waals surface area contributed by atoms with E-state index in [2.05, 4.69) is 5.32 Å². The lowest BCUT2D eigenvalue weighted by Crippen LogP contribution is -2.43. The van der Waals surface area contributed by atoms with E-state index in [1.165, 1.54) is 0 Å². The summed E-state index contributed by atoms with van der Waals surface area (Å²) < 4.78 is 0. The molecule has 0 aliphatic carbocycles. The number of nitrogens with zero attached hydrogens (tertiary/aromatic N) is 1. The number of nitrogens with one attached hydrogen (secondary N) is 1. The maximum Gasteiger partial charge on any atom is 0.228 e. The predicted molar refractivity (Wildman–Crippen MR) is 98.3 cm³/mol. The van der Waals surface area contributed by atoms with Gasteiger partial charge < -0.3 is 16.0 Å². The van der Waals surface area contributed by atoms with Crippen LogP contribution in [0.4, 0.5) is 5.69 Å². The maximum atomic E-state index is 12.7. The minimum atomic E-state index is -0.392. The number of rotatable bonds is 6. The smallest absolute Gasteiger partial charge is 0.228 e. The first kappa shape index (κ1) is 19.8. The molecule has 1 heterocycles. The minimum absolute atomic E-state index is 0. The Labute approximate surface area is 147 Å². The molecular formula is C16H24ClN3O2S. The number of amides is 2. The van der Waals surface area contributed by atoms with Gasteiger partial charge in [0.1, 0.15) is 0 Å². The van der Waals surface area contributed by atoms with Crippen molar-refractivity contribution < 1.29 is 9.59 Å². The molecule has 0 spiro atoms. The summed E-state index contributed by atoms with van der Waals surface area (Å²) in [5.74, 6) is 1.68. The fourth-order valence-corrected chi connectivity index (χ4v) is 3.44. The van der Waals surface area contributed by atoms with Gasteiger partial charge in [-0.25, -0.2) is 0 Å². The molecule has 5 nitrogen and oxygen atoms in total. The first-order chi connectivity index (χ1) is 10.6. The van der Waals surface area contributed by atoms with E-state index in [4.69, 9.17) is 5.73 Å². The molecule has 1 atom stereocenters. The third kappa shape index (κ3) is 6.41. The molecule has 1 aliphatic rings. The van der Waals surface area contributed by atoms with Crippen molar-refractivity contribution in [1.29, 1.82) is 0 Å². The Morgan fingerprint density at radius 2 is 2.22 bits per heavy atom. The van der Waals surface area contributed by atoms with Gasteiger partial charge in [0.05, 0.1) is 0 Å². The molecule has 23 heavy (non-hydrogen) atoms. The highest BCUT2D eigenvalue weighted by Gasteiger charge is 2.22. The molecular weight excluding hydrogens is 334 g/mol. The molecule has 128 valence electrons. The number of hydrogen-bond donors (Lipinski definition) is 2. The van der Waals surface area contributed by atoms with E-state index >= 15 is 0 Å². The van der Waals surface area contributed by atoms with Crippen LogP contribution < -0.4 is 16.0 Å². The summed E-state index contributed by atoms with van der Waals surface area (Å²) in [4.78, 5) is 25.4. The van der Waals surface area contributed by atoms with E-state index in [-0.39, 0.29) is 30.8 Å². The van der Waals surface area contributed by atoms with Crippen molar-refractivity contribution in [3.05, 3.63) is 29.8 Å². The van der Waals surface area contributed by atoms with Crippen LogP contribution >= 0.6 is 24.2 Å². The summed E-state index contributed by atoms with van der Waals surface area (Å²) in [7, 11) is 0. The van der Waals surface area contributed by atoms with Gasteiger partial charge in [0.2, 0.25) is 11.8 Å². The minimum Gasteiger partial charge on any atom is -0.370 e. The van der Waals surface area contributed by atoms with Crippen LogP contribution in [-0.4, -0.2) is 42.5 Å². The third-order valence-corrected chi connectivity index (χ3v) is 4.75. The topological polar surface area (TPSA) is 75.4 Å². The van der Waals surface area contributed by atoms with Crippen LogP contribution in [-0.2, 0) is 9.59 Å². The van der Waals surface area contributed by atoms with Gasteiger partial charge in [0.15, 0.2) is 0 Å². The molecule has 7 heteroatoms. The van der Waals surface area contributed by atoms with E-state index in [1.54, 1.807) is 4.90 Å². The highest BCUT2D eigenvalue weighted by atomic mass is 35.5. The highest BCUT2D eigenvalue weighted by molar-refractivity contribution is 7.99. The van der Waals surface area contributed by atoms with E-state index in [1.807, 2.05) is 43.0 Å². The van der Waals surface area contributed by atoms with Gasteiger partial charge in [-0.15, -0.1) is 12.4 Å². The van der Waals surface area contributed by atoms with Gasteiger partial charge in [-0.05, 0) is 24.6 Å². The number of benzene rings is 1. The Kier molecular flexibility index (Phi) is 8.44. The third-order valence-electron chi connectivity index (χ3n) is 3.62. The Morgan fingerprint density at radius 3 is 2.83 bits per heavy atom. The lowest BCUT2D eigenvalue weighted by atomic mass is 10.1. The summed E-state index contributed by atoms with van der Waals surface area (Å²) in [6.07, 6.45) is 0.617. The number of carbonyl (C=O) groups excluding carboxylic acids is 2. The number of hydrogen-bond acceptors (Lipinski definition) is 4. The van der Waals surface area contributed by atoms with E-state index < -0.39 is 5.91 Å². The zero-order valence-corrected chi connectivity index (χ0v) is 14.9. The largest absolute Gasteiger partial charge is 0.370 e. The van der Waals surface area contributed by atoms with Crippen molar-refractivity contribution in [2.75, 3.05) is 29.5 Å². The summed E-state index contributed by atoms with van der Waals surface area (Å²) in [5, 5.41) is 3.37. The summed E-state index contributed by atoms with van der Waals surface area (Å²) in [6, 6.07) is 7.97. The van der Waals surface area contributed by atoms with Crippen molar-refractivity contribution in [2.45, 2.75) is 25.8 Å². The molecule has 1 aliphatic heterocycles. The Morgan fingerprint density at radius 1 is 1.43 bits per heavy atom. The fourth-order valence-electron chi connectivity index (χ4n) is 2.49. The number of anilines is 1. The zero-order valence-electron chi connectivity index (χ0n) is 13.3. The van der Waals surface area contributed by atoms with E-state index in [0.29, 0.717) is 13.0 Å². The van der Waals surface area contributed by atoms with E-state index in [0.717, 1.165) is 29.3 Å². The lowest BCUT2D eigenvalue weighted by molar-refractivity contribution is -0.119. The predicted octanol–water partition coefficient (Wildman–Crippen LogP) is 1.72. The second-order valence-corrected chi connectivity index (χ2v) is 6.68. The normalized spacial score (nSPS) is 17.2. The molecule has 3 N–H and O–H groups in total. The summed E-state index contributed by atoms with van der Waals surface area (Å²) in [5.41, 5.74) is 7.15. The van der Waals surface area contributed by atoms with Crippen molar-refractivity contribution in [3.63, 3.8) is 0 Å². The molecule has 0 aromatic heterocycles. The average molecular weight is 358 g/mol. The first-order valence-corrected chi connectivity index (χ1v) is 8.68. The maximum absolute atomic E-state index is 12.7. The SMILES string of the molecule is Cc1cccc(N(CCC(N)=O)C(=O)CC2CSCCN2)c1.Cl. The Balaban J connectivity index is 0.00000264. The standard InChI is InChI=1S/C16H23N3O2S.ClH/c1-12-3-2-4-14(9-12)19(7-5-15(17)20)16(21)10-13-11-22-8-6-18-13;/h2-4,9,13,18H,5-8,10-11H2,1H3,(H2,17,20);1H. The summed E-state index contributed by atoms with van der Waals surface area (Å²) >= 11 is 1.87. The van der Waals surface area contributed by atoms with Crippen LogP contribution in [0.2, 0.25) is 0 Å². The van der Waals surface area contributed by atoms with Gasteiger partial charge in [-0.1, -0.05) is 12.1 Å². The van der Waals surface area contributed by atoms with Gasteiger partial charge in [-0.3, -0.25) is 9.59 Å². The molecule has 1 fully saturated rings. The van der Waals surface area contributed by atoms with Gasteiger partial charge in [0.25, 0.3) is 0 Å². The van der Waals surface area contributed by atoms with Crippen molar-refractivity contribution >= 4 is 41.7 Å². The van der Waals surface area contributed by atoms with E-state index in [9.17, 15) is 9.59 Å². The number of nitrogens with two attached hydrogens (primary N) is 1. The molecule has 1 unspecified atom stereocenters. The first-order valence-electron chi connectivity index (χ1n) is 7.52. The Bertz CT molecular complexity index is 536. The van der Waals surface area contributed by atoms with Gasteiger partial charge in [0, 0.05) is 49.2 Å².